The van der Waals surface area contributed by atoms with Gasteiger partial charge in [0.15, 0.2) is 0 Å². The van der Waals surface area contributed by atoms with Gasteiger partial charge in [0.2, 0.25) is 9.84 Å². The van der Waals surface area contributed by atoms with E-state index >= 15 is 0 Å². The molecular weight excluding hydrogens is 665 g/mol. The third-order valence-electron chi connectivity index (χ3n) is 10.3. The van der Waals surface area contributed by atoms with E-state index in [0.29, 0.717) is 16.7 Å². The smallest absolute Gasteiger partial charge is 0.210 e. The molecule has 0 fully saturated rings. The number of nitrogens with zero attached hydrogens (tertiary/aromatic N) is 2. The van der Waals surface area contributed by atoms with Crippen molar-refractivity contribution in [2.75, 3.05) is 0 Å². The molecule has 0 bridgehead atoms. The standard InChI is InChI=1S/C45H26N2O2S2/c48-51(49)40-20-10-18-36-44(40)47(45(46-36)27-11-2-1-3-12-27)37-24-22-29(26-41(37)51)43-34-16-6-4-14-32(34)42(33-15-5-7-17-35(33)43)28-21-23-31-30-13-8-9-19-38(30)50-39(31)25-28/h1-26H. The van der Waals surface area contributed by atoms with E-state index in [4.69, 9.17) is 4.98 Å². The van der Waals surface area contributed by atoms with Crippen molar-refractivity contribution in [1.82, 2.24) is 9.55 Å². The first-order valence-electron chi connectivity index (χ1n) is 16.9. The zero-order valence-corrected chi connectivity index (χ0v) is 28.7. The lowest BCUT2D eigenvalue weighted by molar-refractivity contribution is 0.594. The van der Waals surface area contributed by atoms with Crippen LogP contribution in [0.3, 0.4) is 0 Å². The number of aromatic nitrogens is 2. The molecular formula is C45H26N2O2S2. The predicted molar refractivity (Wildman–Crippen MR) is 211 cm³/mol. The molecule has 0 unspecified atom stereocenters. The number of hydrogen-bond donors (Lipinski definition) is 0. The van der Waals surface area contributed by atoms with Crippen LogP contribution in [-0.4, -0.2) is 18.0 Å². The van der Waals surface area contributed by atoms with E-state index in [0.717, 1.165) is 49.6 Å². The van der Waals surface area contributed by atoms with Crippen LogP contribution >= 0.6 is 11.3 Å². The third kappa shape index (κ3) is 4.00. The van der Waals surface area contributed by atoms with Gasteiger partial charge in [0.25, 0.3) is 0 Å². The minimum Gasteiger partial charge on any atom is -0.290 e. The fourth-order valence-corrected chi connectivity index (χ4v) is 11.0. The fraction of sp³-hybridized carbons (Fsp3) is 0. The maximum absolute atomic E-state index is 14.5. The lowest BCUT2D eigenvalue weighted by Gasteiger charge is -2.23. The van der Waals surface area contributed by atoms with Crippen molar-refractivity contribution >= 4 is 73.9 Å². The van der Waals surface area contributed by atoms with E-state index in [9.17, 15) is 8.42 Å². The van der Waals surface area contributed by atoms with Gasteiger partial charge in [0, 0.05) is 25.7 Å². The van der Waals surface area contributed by atoms with Gasteiger partial charge >= 0.3 is 0 Å². The lowest BCUT2D eigenvalue weighted by atomic mass is 9.86. The zero-order chi connectivity index (χ0) is 33.8. The Hall–Kier alpha value is -6.08. The van der Waals surface area contributed by atoms with Gasteiger partial charge in [-0.1, -0.05) is 121 Å². The van der Waals surface area contributed by atoms with Crippen molar-refractivity contribution in [3.63, 3.8) is 0 Å². The molecule has 0 spiro atoms. The van der Waals surface area contributed by atoms with Gasteiger partial charge in [-0.05, 0) is 80.2 Å². The highest BCUT2D eigenvalue weighted by Crippen LogP contribution is 2.48. The number of hydrogen-bond acceptors (Lipinski definition) is 4. The Kier molecular flexibility index (Phi) is 5.90. The normalized spacial score (nSPS) is 13.4. The highest BCUT2D eigenvalue weighted by molar-refractivity contribution is 7.92. The van der Waals surface area contributed by atoms with Gasteiger partial charge in [0.05, 0.1) is 26.5 Å². The van der Waals surface area contributed by atoms with Crippen molar-refractivity contribution in [2.24, 2.45) is 0 Å². The molecule has 240 valence electrons. The first-order valence-corrected chi connectivity index (χ1v) is 19.2. The molecule has 10 aromatic rings. The second-order valence-electron chi connectivity index (χ2n) is 13.1. The van der Waals surface area contributed by atoms with E-state index in [-0.39, 0.29) is 9.79 Å². The first kappa shape index (κ1) is 28.7. The molecule has 1 aliphatic heterocycles. The molecule has 4 nitrogen and oxygen atoms in total. The van der Waals surface area contributed by atoms with Crippen LogP contribution in [0.5, 0.6) is 0 Å². The summed E-state index contributed by atoms with van der Waals surface area (Å²) < 4.78 is 33.6. The number of para-hydroxylation sites is 1. The maximum Gasteiger partial charge on any atom is 0.210 e. The molecule has 0 N–H and O–H groups in total. The summed E-state index contributed by atoms with van der Waals surface area (Å²) in [5.41, 5.74) is 7.03. The molecule has 11 rings (SSSR count). The highest BCUT2D eigenvalue weighted by Gasteiger charge is 2.34. The van der Waals surface area contributed by atoms with E-state index < -0.39 is 9.84 Å². The zero-order valence-electron chi connectivity index (χ0n) is 27.0. The maximum atomic E-state index is 14.5. The summed E-state index contributed by atoms with van der Waals surface area (Å²) >= 11 is 1.82. The molecule has 0 atom stereocenters. The number of sulfone groups is 1. The molecule has 1 aliphatic rings. The second kappa shape index (κ2) is 10.5. The number of rotatable bonds is 3. The van der Waals surface area contributed by atoms with Gasteiger partial charge in [-0.15, -0.1) is 11.3 Å². The van der Waals surface area contributed by atoms with Crippen LogP contribution in [0, 0.1) is 0 Å². The Morgan fingerprint density at radius 1 is 0.471 bits per heavy atom. The molecule has 3 heterocycles. The van der Waals surface area contributed by atoms with E-state index in [1.807, 2.05) is 64.4 Å². The molecule has 0 saturated carbocycles. The molecule has 0 amide bonds. The summed E-state index contributed by atoms with van der Waals surface area (Å²) in [7, 11) is -3.86. The summed E-state index contributed by atoms with van der Waals surface area (Å²) in [5.74, 6) is 0.720. The summed E-state index contributed by atoms with van der Waals surface area (Å²) in [5, 5.41) is 6.95. The van der Waals surface area contributed by atoms with Crippen molar-refractivity contribution in [1.29, 1.82) is 0 Å². The Morgan fingerprint density at radius 2 is 1.06 bits per heavy atom. The fourth-order valence-electron chi connectivity index (χ4n) is 8.15. The molecule has 0 aliphatic carbocycles. The van der Waals surface area contributed by atoms with Crippen LogP contribution in [0.4, 0.5) is 0 Å². The van der Waals surface area contributed by atoms with Crippen LogP contribution in [-0.2, 0) is 9.84 Å². The lowest BCUT2D eigenvalue weighted by Crippen LogP contribution is -2.15. The van der Waals surface area contributed by atoms with Gasteiger partial charge < -0.3 is 0 Å². The summed E-state index contributed by atoms with van der Waals surface area (Å²) in [6, 6.07) is 53.7. The van der Waals surface area contributed by atoms with Crippen LogP contribution < -0.4 is 0 Å². The van der Waals surface area contributed by atoms with Crippen molar-refractivity contribution in [3.05, 3.63) is 158 Å². The van der Waals surface area contributed by atoms with Crippen LogP contribution in [0.15, 0.2) is 168 Å². The number of benzene rings is 8. The van der Waals surface area contributed by atoms with Gasteiger partial charge in [-0.2, -0.15) is 0 Å². The van der Waals surface area contributed by atoms with Crippen molar-refractivity contribution in [2.45, 2.75) is 9.79 Å². The topological polar surface area (TPSA) is 52.0 Å². The molecule has 0 radical (unpaired) electrons. The van der Waals surface area contributed by atoms with Crippen LogP contribution in [0.1, 0.15) is 0 Å². The van der Waals surface area contributed by atoms with Gasteiger partial charge in [0.1, 0.15) is 5.82 Å². The average Bonchev–Trinajstić information content (AvgIpc) is 3.75. The summed E-state index contributed by atoms with van der Waals surface area (Å²) in [6.07, 6.45) is 0. The molecule has 0 saturated heterocycles. The molecule has 2 aromatic heterocycles. The van der Waals surface area contributed by atoms with Crippen LogP contribution in [0.25, 0.3) is 92.1 Å². The summed E-state index contributed by atoms with van der Waals surface area (Å²) in [4.78, 5) is 5.51. The number of fused-ring (bicyclic) bond motifs is 7. The van der Waals surface area contributed by atoms with E-state index in [1.165, 1.54) is 25.7 Å². The van der Waals surface area contributed by atoms with Crippen LogP contribution in [0.2, 0.25) is 0 Å². The van der Waals surface area contributed by atoms with Crippen molar-refractivity contribution in [3.8, 4) is 39.3 Å². The first-order chi connectivity index (χ1) is 25.1. The van der Waals surface area contributed by atoms with Gasteiger partial charge in [-0.25, -0.2) is 13.4 Å². The predicted octanol–water partition coefficient (Wildman–Crippen LogP) is 11.8. The Bertz CT molecular complexity index is 3160. The summed E-state index contributed by atoms with van der Waals surface area (Å²) in [6.45, 7) is 0. The Labute approximate surface area is 297 Å². The van der Waals surface area contributed by atoms with Gasteiger partial charge in [-0.3, -0.25) is 4.57 Å². The average molecular weight is 691 g/mol. The van der Waals surface area contributed by atoms with E-state index in [2.05, 4.69) is 97.1 Å². The quantitative estimate of drug-likeness (QED) is 0.173. The Balaban J connectivity index is 1.18. The molecule has 6 heteroatoms. The minimum absolute atomic E-state index is 0.279. The Morgan fingerprint density at radius 3 is 1.76 bits per heavy atom. The molecule has 51 heavy (non-hydrogen) atoms. The number of imidazole rings is 1. The largest absolute Gasteiger partial charge is 0.290 e. The highest BCUT2D eigenvalue weighted by atomic mass is 32.2. The molecule has 8 aromatic carbocycles. The third-order valence-corrected chi connectivity index (χ3v) is 13.3. The van der Waals surface area contributed by atoms with Crippen molar-refractivity contribution < 1.29 is 8.42 Å². The van der Waals surface area contributed by atoms with E-state index in [1.54, 1.807) is 12.1 Å². The minimum atomic E-state index is -3.86. The SMILES string of the molecule is O=S1(=O)c2cc(-c3c4ccccc4c(-c4ccc5c(c4)sc4ccccc45)c4ccccc34)ccc2-n2c(-c3ccccc3)nc3cccc1c32. The number of thiophene rings is 1. The second-order valence-corrected chi connectivity index (χ2v) is 16.1. The monoisotopic (exact) mass is 690 g/mol.